The van der Waals surface area contributed by atoms with Crippen LogP contribution in [-0.4, -0.2) is 23.3 Å². The summed E-state index contributed by atoms with van der Waals surface area (Å²) >= 11 is 0. The fraction of sp³-hybridized carbons (Fsp3) is 0.200. The molecule has 3 aromatic carbocycles. The molecule has 4 nitrogen and oxygen atoms in total. The van der Waals surface area contributed by atoms with Crippen LogP contribution in [0.5, 0.6) is 0 Å². The maximum Gasteiger partial charge on any atom is 0.278 e. The highest BCUT2D eigenvalue weighted by atomic mass is 16.2. The Morgan fingerprint density at radius 2 is 1.66 bits per heavy atom. The lowest BCUT2D eigenvalue weighted by Crippen LogP contribution is -2.33. The monoisotopic (exact) mass is 384 g/mol. The summed E-state index contributed by atoms with van der Waals surface area (Å²) in [7, 11) is 0. The number of anilines is 1. The van der Waals surface area contributed by atoms with E-state index in [1.807, 2.05) is 81.4 Å². The molecular weight excluding hydrogens is 360 g/mol. The van der Waals surface area contributed by atoms with Crippen molar-refractivity contribution in [3.63, 3.8) is 0 Å². The molecule has 0 aromatic heterocycles. The van der Waals surface area contributed by atoms with Gasteiger partial charge in [0.05, 0.1) is 5.57 Å². The number of hydrogen-bond donors (Lipinski definition) is 1. The van der Waals surface area contributed by atoms with Crippen LogP contribution in [0.1, 0.15) is 30.0 Å². The Labute approximate surface area is 170 Å². The molecule has 0 fully saturated rings. The zero-order valence-electron chi connectivity index (χ0n) is 17.0. The molecule has 146 valence electrons. The van der Waals surface area contributed by atoms with Gasteiger partial charge in [-0.15, -0.1) is 0 Å². The molecular formula is C25H24N2O2. The lowest BCUT2D eigenvalue weighted by molar-refractivity contribution is -0.136. The molecule has 0 saturated carbocycles. The minimum absolute atomic E-state index is 0.230. The van der Waals surface area contributed by atoms with Crippen LogP contribution >= 0.6 is 0 Å². The number of hydrogen-bond acceptors (Lipinski definition) is 3. The lowest BCUT2D eigenvalue weighted by Gasteiger charge is -2.14. The number of rotatable bonds is 5. The number of aryl methyl sites for hydroxylation is 2. The molecule has 0 bridgehead atoms. The van der Waals surface area contributed by atoms with Gasteiger partial charge in [0.2, 0.25) is 0 Å². The summed E-state index contributed by atoms with van der Waals surface area (Å²) in [6.07, 6.45) is 0.721. The molecule has 1 N–H and O–H groups in total. The molecule has 1 aliphatic heterocycles. The molecule has 4 rings (SSSR count). The van der Waals surface area contributed by atoms with Crippen LogP contribution in [0.25, 0.3) is 16.3 Å². The van der Waals surface area contributed by atoms with Gasteiger partial charge in [-0.2, -0.15) is 0 Å². The highest BCUT2D eigenvalue weighted by Crippen LogP contribution is 2.34. The minimum Gasteiger partial charge on any atom is -0.350 e. The van der Waals surface area contributed by atoms with Gasteiger partial charge in [0.1, 0.15) is 5.70 Å². The van der Waals surface area contributed by atoms with E-state index in [1.165, 1.54) is 4.90 Å². The number of benzene rings is 3. The van der Waals surface area contributed by atoms with Crippen LogP contribution in [0.2, 0.25) is 0 Å². The summed E-state index contributed by atoms with van der Waals surface area (Å²) in [4.78, 5) is 27.8. The van der Waals surface area contributed by atoms with Crippen molar-refractivity contribution >= 4 is 33.8 Å². The Morgan fingerprint density at radius 3 is 2.41 bits per heavy atom. The third-order valence-electron chi connectivity index (χ3n) is 5.32. The molecule has 0 unspecified atom stereocenters. The first-order chi connectivity index (χ1) is 14.0. The third-order valence-corrected chi connectivity index (χ3v) is 5.32. The van der Waals surface area contributed by atoms with E-state index in [9.17, 15) is 9.59 Å². The fourth-order valence-corrected chi connectivity index (χ4v) is 3.93. The Hall–Kier alpha value is -3.40. The molecule has 0 spiro atoms. The Kier molecular flexibility index (Phi) is 4.93. The molecule has 2 amide bonds. The number of carbonyl (C=O) groups is 2. The van der Waals surface area contributed by atoms with E-state index in [-0.39, 0.29) is 11.8 Å². The molecule has 29 heavy (non-hydrogen) atoms. The summed E-state index contributed by atoms with van der Waals surface area (Å²) < 4.78 is 0. The van der Waals surface area contributed by atoms with Gasteiger partial charge in [-0.25, -0.2) is 0 Å². The van der Waals surface area contributed by atoms with Crippen molar-refractivity contribution in [1.82, 2.24) is 4.90 Å². The predicted molar refractivity (Wildman–Crippen MR) is 117 cm³/mol. The van der Waals surface area contributed by atoms with E-state index < -0.39 is 0 Å². The number of fused-ring (bicyclic) bond motifs is 1. The predicted octanol–water partition coefficient (Wildman–Crippen LogP) is 5.06. The summed E-state index contributed by atoms with van der Waals surface area (Å²) in [5.41, 5.74) is 4.53. The summed E-state index contributed by atoms with van der Waals surface area (Å²) in [6.45, 7) is 6.37. The Morgan fingerprint density at radius 1 is 0.897 bits per heavy atom. The second kappa shape index (κ2) is 7.55. The van der Waals surface area contributed by atoms with E-state index in [0.29, 0.717) is 17.8 Å². The number of carbonyl (C=O) groups excluding carboxylic acids is 2. The van der Waals surface area contributed by atoms with Gasteiger partial charge < -0.3 is 5.32 Å². The van der Waals surface area contributed by atoms with Crippen molar-refractivity contribution in [2.45, 2.75) is 27.2 Å². The largest absolute Gasteiger partial charge is 0.350 e. The SMILES string of the molecule is CCCN1C(=O)C(Nc2cccc3ccccc23)=C(c2ccc(C)cc2C)C1=O. The van der Waals surface area contributed by atoms with Crippen molar-refractivity contribution in [2.75, 3.05) is 11.9 Å². The average Bonchev–Trinajstić information content (AvgIpc) is 2.93. The highest BCUT2D eigenvalue weighted by molar-refractivity contribution is 6.37. The van der Waals surface area contributed by atoms with Gasteiger partial charge in [0.15, 0.2) is 0 Å². The second-order valence-electron chi connectivity index (χ2n) is 7.48. The van der Waals surface area contributed by atoms with E-state index in [2.05, 4.69) is 5.32 Å². The first kappa shape index (κ1) is 18.9. The Bertz CT molecular complexity index is 1160. The van der Waals surface area contributed by atoms with E-state index >= 15 is 0 Å². The first-order valence-corrected chi connectivity index (χ1v) is 9.94. The van der Waals surface area contributed by atoms with Crippen molar-refractivity contribution in [3.05, 3.63) is 83.1 Å². The summed E-state index contributed by atoms with van der Waals surface area (Å²) in [5.74, 6) is -0.494. The average molecular weight is 384 g/mol. The number of nitrogens with one attached hydrogen (secondary N) is 1. The maximum absolute atomic E-state index is 13.2. The standard InChI is InChI=1S/C25H24N2O2/c1-4-14-27-24(28)22(19-13-12-16(2)15-17(19)3)23(25(27)29)26-21-11-7-9-18-8-5-6-10-20(18)21/h5-13,15,26H,4,14H2,1-3H3. The molecule has 0 atom stereocenters. The van der Waals surface area contributed by atoms with E-state index in [1.54, 1.807) is 0 Å². The quantitative estimate of drug-likeness (QED) is 0.626. The van der Waals surface area contributed by atoms with Gasteiger partial charge in [0, 0.05) is 17.6 Å². The number of nitrogens with zero attached hydrogens (tertiary/aromatic N) is 1. The van der Waals surface area contributed by atoms with Crippen LogP contribution in [0.15, 0.2) is 66.4 Å². The molecule has 1 aliphatic rings. The van der Waals surface area contributed by atoms with Crippen LogP contribution in [0.4, 0.5) is 5.69 Å². The molecule has 0 aliphatic carbocycles. The first-order valence-electron chi connectivity index (χ1n) is 9.94. The van der Waals surface area contributed by atoms with Gasteiger partial charge in [0.25, 0.3) is 11.8 Å². The molecule has 0 saturated heterocycles. The van der Waals surface area contributed by atoms with Gasteiger partial charge in [-0.05, 0) is 42.8 Å². The zero-order valence-corrected chi connectivity index (χ0v) is 17.0. The van der Waals surface area contributed by atoms with Crippen LogP contribution in [-0.2, 0) is 9.59 Å². The van der Waals surface area contributed by atoms with E-state index in [4.69, 9.17) is 0 Å². The van der Waals surface area contributed by atoms with Crippen molar-refractivity contribution in [1.29, 1.82) is 0 Å². The fourth-order valence-electron chi connectivity index (χ4n) is 3.93. The van der Waals surface area contributed by atoms with Crippen LogP contribution < -0.4 is 5.32 Å². The van der Waals surface area contributed by atoms with Gasteiger partial charge in [-0.3, -0.25) is 14.5 Å². The highest BCUT2D eigenvalue weighted by Gasteiger charge is 2.39. The number of amides is 2. The smallest absolute Gasteiger partial charge is 0.278 e. The molecule has 3 aromatic rings. The molecule has 4 heteroatoms. The third kappa shape index (κ3) is 3.31. The topological polar surface area (TPSA) is 49.4 Å². The van der Waals surface area contributed by atoms with Gasteiger partial charge >= 0.3 is 0 Å². The molecule has 1 heterocycles. The second-order valence-corrected chi connectivity index (χ2v) is 7.48. The Balaban J connectivity index is 1.88. The van der Waals surface area contributed by atoms with E-state index in [0.717, 1.165) is 39.6 Å². The van der Waals surface area contributed by atoms with Crippen LogP contribution in [0, 0.1) is 13.8 Å². The van der Waals surface area contributed by atoms with Crippen LogP contribution in [0.3, 0.4) is 0 Å². The minimum atomic E-state index is -0.264. The normalized spacial score (nSPS) is 14.2. The summed E-state index contributed by atoms with van der Waals surface area (Å²) in [5, 5.41) is 5.40. The van der Waals surface area contributed by atoms with Crippen molar-refractivity contribution in [3.8, 4) is 0 Å². The van der Waals surface area contributed by atoms with Crippen molar-refractivity contribution < 1.29 is 9.59 Å². The summed E-state index contributed by atoms with van der Waals surface area (Å²) in [6, 6.07) is 19.9. The van der Waals surface area contributed by atoms with Crippen molar-refractivity contribution in [2.24, 2.45) is 0 Å². The maximum atomic E-state index is 13.2. The zero-order chi connectivity index (χ0) is 20.5. The molecule has 0 radical (unpaired) electrons. The van der Waals surface area contributed by atoms with Gasteiger partial charge in [-0.1, -0.05) is 67.1 Å². The lowest BCUT2D eigenvalue weighted by atomic mass is 9.97. The number of imide groups is 1.